The standard InChI is InChI=1S/C24H33N5O4/c1-2-19-16-27(9-10-28(19)15-17-6-11-32-12-7-17)14-18-3-4-21-20(13-18)23(26-33-21)29-8-5-22(30)25-24(29)31/h3-4,13,17,19H,2,5-12,14-16H2,1H3,(H,25,30,31)/t19-/m0/s1. The van der Waals surface area contributed by atoms with E-state index in [9.17, 15) is 9.59 Å². The molecule has 3 fully saturated rings. The molecular weight excluding hydrogens is 422 g/mol. The van der Waals surface area contributed by atoms with E-state index in [1.165, 1.54) is 29.8 Å². The average molecular weight is 456 g/mol. The van der Waals surface area contributed by atoms with Gasteiger partial charge in [-0.25, -0.2) is 4.79 Å². The number of anilines is 1. The molecule has 2 aromatic rings. The Morgan fingerprint density at radius 2 is 2.00 bits per heavy atom. The molecule has 3 aliphatic heterocycles. The molecule has 3 amide bonds. The smallest absolute Gasteiger partial charge is 0.329 e. The van der Waals surface area contributed by atoms with Crippen molar-refractivity contribution in [1.29, 1.82) is 0 Å². The predicted molar refractivity (Wildman–Crippen MR) is 124 cm³/mol. The number of piperazine rings is 1. The molecule has 1 aromatic heterocycles. The Labute approximate surface area is 194 Å². The first-order valence-corrected chi connectivity index (χ1v) is 12.1. The number of carbonyl (C=O) groups excluding carboxylic acids is 2. The van der Waals surface area contributed by atoms with Gasteiger partial charge in [-0.15, -0.1) is 0 Å². The molecule has 0 unspecified atom stereocenters. The van der Waals surface area contributed by atoms with Gasteiger partial charge in [0.25, 0.3) is 0 Å². The molecule has 1 atom stereocenters. The first-order valence-electron chi connectivity index (χ1n) is 12.1. The third-order valence-corrected chi connectivity index (χ3v) is 7.22. The lowest BCUT2D eigenvalue weighted by molar-refractivity contribution is -0.120. The summed E-state index contributed by atoms with van der Waals surface area (Å²) in [5.74, 6) is 0.979. The Balaban J connectivity index is 1.25. The molecule has 0 bridgehead atoms. The van der Waals surface area contributed by atoms with E-state index in [1.54, 1.807) is 0 Å². The summed E-state index contributed by atoms with van der Waals surface area (Å²) in [6, 6.07) is 6.20. The van der Waals surface area contributed by atoms with E-state index in [2.05, 4.69) is 39.3 Å². The van der Waals surface area contributed by atoms with E-state index in [1.807, 2.05) is 6.07 Å². The first kappa shape index (κ1) is 22.3. The molecular formula is C24H33N5O4. The largest absolute Gasteiger partial charge is 0.381 e. The molecule has 4 heterocycles. The summed E-state index contributed by atoms with van der Waals surface area (Å²) >= 11 is 0. The maximum atomic E-state index is 12.3. The number of nitrogens with one attached hydrogen (secondary N) is 1. The zero-order valence-corrected chi connectivity index (χ0v) is 19.3. The van der Waals surface area contributed by atoms with Crippen LogP contribution in [0, 0.1) is 5.92 Å². The molecule has 0 radical (unpaired) electrons. The van der Waals surface area contributed by atoms with Crippen molar-refractivity contribution >= 4 is 28.7 Å². The fourth-order valence-corrected chi connectivity index (χ4v) is 5.28. The van der Waals surface area contributed by atoms with Gasteiger partial charge in [0.15, 0.2) is 11.4 Å². The summed E-state index contributed by atoms with van der Waals surface area (Å²) in [5.41, 5.74) is 1.82. The number of urea groups is 1. The Morgan fingerprint density at radius 3 is 2.79 bits per heavy atom. The highest BCUT2D eigenvalue weighted by Gasteiger charge is 2.30. The molecule has 5 rings (SSSR count). The van der Waals surface area contributed by atoms with Crippen molar-refractivity contribution in [2.24, 2.45) is 5.92 Å². The van der Waals surface area contributed by atoms with E-state index in [0.717, 1.165) is 57.1 Å². The van der Waals surface area contributed by atoms with Gasteiger partial charge in [-0.3, -0.25) is 24.8 Å². The number of benzene rings is 1. The van der Waals surface area contributed by atoms with E-state index < -0.39 is 6.03 Å². The first-order chi connectivity index (χ1) is 16.1. The highest BCUT2D eigenvalue weighted by atomic mass is 16.5. The van der Waals surface area contributed by atoms with Gasteiger partial charge >= 0.3 is 6.03 Å². The Morgan fingerprint density at radius 1 is 1.15 bits per heavy atom. The van der Waals surface area contributed by atoms with E-state index in [4.69, 9.17) is 9.26 Å². The van der Waals surface area contributed by atoms with Gasteiger partial charge in [-0.2, -0.15) is 0 Å². The highest BCUT2D eigenvalue weighted by Crippen LogP contribution is 2.29. The van der Waals surface area contributed by atoms with Crippen molar-refractivity contribution in [1.82, 2.24) is 20.3 Å². The van der Waals surface area contributed by atoms with Crippen LogP contribution in [0.3, 0.4) is 0 Å². The molecule has 0 spiro atoms. The number of nitrogens with zero attached hydrogens (tertiary/aromatic N) is 4. The van der Waals surface area contributed by atoms with Crippen LogP contribution < -0.4 is 10.2 Å². The number of carbonyl (C=O) groups is 2. The summed E-state index contributed by atoms with van der Waals surface area (Å²) in [5, 5.41) is 7.28. The quantitative estimate of drug-likeness (QED) is 0.716. The van der Waals surface area contributed by atoms with Gasteiger partial charge in [0.1, 0.15) is 0 Å². The Kier molecular flexibility index (Phi) is 6.62. The zero-order chi connectivity index (χ0) is 22.8. The van der Waals surface area contributed by atoms with Crippen LogP contribution in [0.5, 0.6) is 0 Å². The second-order valence-electron chi connectivity index (χ2n) is 9.44. The number of imide groups is 1. The maximum absolute atomic E-state index is 12.3. The predicted octanol–water partition coefficient (Wildman–Crippen LogP) is 2.60. The number of ether oxygens (including phenoxy) is 1. The van der Waals surface area contributed by atoms with Crippen LogP contribution >= 0.6 is 0 Å². The van der Waals surface area contributed by atoms with Crippen LogP contribution in [0.4, 0.5) is 10.6 Å². The molecule has 3 aliphatic rings. The number of amides is 3. The van der Waals surface area contributed by atoms with Gasteiger partial charge in [0.05, 0.1) is 5.39 Å². The van der Waals surface area contributed by atoms with Crippen molar-refractivity contribution in [3.63, 3.8) is 0 Å². The van der Waals surface area contributed by atoms with Crippen LogP contribution in [-0.4, -0.2) is 78.9 Å². The second kappa shape index (κ2) is 9.79. The van der Waals surface area contributed by atoms with Crippen molar-refractivity contribution in [2.45, 2.75) is 45.2 Å². The minimum absolute atomic E-state index is 0.258. The third-order valence-electron chi connectivity index (χ3n) is 7.22. The fourth-order valence-electron chi connectivity index (χ4n) is 5.28. The average Bonchev–Trinajstić information content (AvgIpc) is 3.24. The molecule has 0 saturated carbocycles. The number of fused-ring (bicyclic) bond motifs is 1. The van der Waals surface area contributed by atoms with Gasteiger partial charge in [0, 0.05) is 64.9 Å². The number of aromatic nitrogens is 1. The summed E-state index contributed by atoms with van der Waals surface area (Å²) in [6.45, 7) is 9.65. The molecule has 1 N–H and O–H groups in total. The lowest BCUT2D eigenvalue weighted by Gasteiger charge is -2.43. The Hall–Kier alpha value is -2.49. The molecule has 178 valence electrons. The van der Waals surface area contributed by atoms with Gasteiger partial charge in [0.2, 0.25) is 5.91 Å². The zero-order valence-electron chi connectivity index (χ0n) is 19.3. The monoisotopic (exact) mass is 455 g/mol. The van der Waals surface area contributed by atoms with Crippen LogP contribution in [0.15, 0.2) is 22.7 Å². The molecule has 0 aliphatic carbocycles. The fraction of sp³-hybridized carbons (Fsp3) is 0.625. The SMILES string of the molecule is CC[C@H]1CN(Cc2ccc3onc(N4CCC(=O)NC4=O)c3c2)CCN1CC1CCOCC1. The van der Waals surface area contributed by atoms with Crippen molar-refractivity contribution in [3.8, 4) is 0 Å². The molecule has 1 aromatic carbocycles. The Bertz CT molecular complexity index is 1000. The summed E-state index contributed by atoms with van der Waals surface area (Å²) in [4.78, 5) is 30.5. The lowest BCUT2D eigenvalue weighted by Crippen LogP contribution is -2.53. The maximum Gasteiger partial charge on any atom is 0.329 e. The van der Waals surface area contributed by atoms with E-state index in [-0.39, 0.29) is 12.3 Å². The number of hydrogen-bond donors (Lipinski definition) is 1. The van der Waals surface area contributed by atoms with Gasteiger partial charge in [-0.1, -0.05) is 18.1 Å². The van der Waals surface area contributed by atoms with Crippen molar-refractivity contribution < 1.29 is 18.8 Å². The molecule has 3 saturated heterocycles. The number of hydrogen-bond acceptors (Lipinski definition) is 7. The van der Waals surface area contributed by atoms with Crippen LogP contribution in [0.1, 0.15) is 38.2 Å². The molecule has 9 heteroatoms. The second-order valence-corrected chi connectivity index (χ2v) is 9.44. The summed E-state index contributed by atoms with van der Waals surface area (Å²) < 4.78 is 11.0. The number of rotatable bonds is 6. The van der Waals surface area contributed by atoms with Crippen LogP contribution in [0.2, 0.25) is 0 Å². The summed E-state index contributed by atoms with van der Waals surface area (Å²) in [6.07, 6.45) is 3.77. The summed E-state index contributed by atoms with van der Waals surface area (Å²) in [7, 11) is 0. The van der Waals surface area contributed by atoms with Gasteiger partial charge in [-0.05, 0) is 42.9 Å². The van der Waals surface area contributed by atoms with E-state index >= 15 is 0 Å². The highest BCUT2D eigenvalue weighted by molar-refractivity contribution is 6.08. The lowest BCUT2D eigenvalue weighted by atomic mass is 9.97. The normalized spacial score (nSPS) is 23.9. The third kappa shape index (κ3) is 4.90. The minimum atomic E-state index is -0.446. The van der Waals surface area contributed by atoms with Crippen LogP contribution in [-0.2, 0) is 16.1 Å². The molecule has 33 heavy (non-hydrogen) atoms. The van der Waals surface area contributed by atoms with E-state index in [0.29, 0.717) is 24.0 Å². The van der Waals surface area contributed by atoms with Gasteiger partial charge < -0.3 is 9.26 Å². The minimum Gasteiger partial charge on any atom is -0.381 e. The van der Waals surface area contributed by atoms with Crippen molar-refractivity contribution in [2.75, 3.05) is 50.8 Å². The molecule has 9 nitrogen and oxygen atoms in total. The van der Waals surface area contributed by atoms with Crippen LogP contribution in [0.25, 0.3) is 11.0 Å². The van der Waals surface area contributed by atoms with Crippen molar-refractivity contribution in [3.05, 3.63) is 23.8 Å². The topological polar surface area (TPSA) is 91.2 Å².